The van der Waals surface area contributed by atoms with Gasteiger partial charge in [0.05, 0.1) is 40.7 Å². The topological polar surface area (TPSA) is 37.3 Å². The summed E-state index contributed by atoms with van der Waals surface area (Å²) in [6.45, 7) is 0. The maximum Gasteiger partial charge on any atom is 0.338 e. The molecule has 0 aliphatic heterocycles. The van der Waals surface area contributed by atoms with Crippen LogP contribution in [0.2, 0.25) is 35.2 Å². The van der Waals surface area contributed by atoms with Crippen molar-refractivity contribution in [2.75, 3.05) is 0 Å². The minimum atomic E-state index is -1.36. The van der Waals surface area contributed by atoms with E-state index in [4.69, 9.17) is 86.3 Å². The second-order valence-electron chi connectivity index (χ2n) is 3.63. The summed E-state index contributed by atoms with van der Waals surface area (Å²) in [7, 11) is 0. The van der Waals surface area contributed by atoms with Crippen molar-refractivity contribution in [2.45, 2.75) is 0 Å². The van der Waals surface area contributed by atoms with Gasteiger partial charge in [0.2, 0.25) is 0 Å². The number of carboxylic acid groups (broad SMARTS) is 1. The van der Waals surface area contributed by atoms with E-state index in [2.05, 4.69) is 0 Å². The van der Waals surface area contributed by atoms with Crippen LogP contribution in [0, 0.1) is 0 Å². The van der Waals surface area contributed by atoms with E-state index in [0.717, 1.165) is 0 Å². The van der Waals surface area contributed by atoms with E-state index < -0.39 is 5.97 Å². The zero-order chi connectivity index (χ0) is 15.4. The Morgan fingerprint density at radius 1 is 0.600 bits per heavy atom. The number of carboxylic acids is 1. The molecule has 0 amide bonds. The van der Waals surface area contributed by atoms with E-state index >= 15 is 0 Å². The van der Waals surface area contributed by atoms with Crippen LogP contribution in [0.25, 0.3) is 10.8 Å². The summed E-state index contributed by atoms with van der Waals surface area (Å²) in [6.07, 6.45) is 0. The van der Waals surface area contributed by atoms with Crippen molar-refractivity contribution >= 4 is 97.9 Å². The number of hydrogen-bond acceptors (Lipinski definition) is 1. The van der Waals surface area contributed by atoms with Gasteiger partial charge in [0.25, 0.3) is 0 Å². The van der Waals surface area contributed by atoms with Crippen molar-refractivity contribution in [3.8, 4) is 0 Å². The molecule has 0 saturated heterocycles. The molecule has 0 saturated carbocycles. The normalized spacial score (nSPS) is 11.2. The molecule has 0 aliphatic rings. The van der Waals surface area contributed by atoms with Gasteiger partial charge in [0, 0.05) is 10.8 Å². The SMILES string of the molecule is O=C(O)c1c(Cl)c(Cl)c2c(Cl)c(Cl)c(Cl)c(Cl)c2c1Cl. The maximum absolute atomic E-state index is 11.2. The second kappa shape index (κ2) is 5.77. The lowest BCUT2D eigenvalue weighted by Crippen LogP contribution is -2.01. The molecule has 1 N–H and O–H groups in total. The second-order valence-corrected chi connectivity index (χ2v) is 6.27. The average molecular weight is 413 g/mol. The van der Waals surface area contributed by atoms with Gasteiger partial charge in [-0.3, -0.25) is 0 Å². The first kappa shape index (κ1) is 16.6. The highest BCUT2D eigenvalue weighted by atomic mass is 35.5. The highest BCUT2D eigenvalue weighted by Crippen LogP contribution is 2.50. The van der Waals surface area contributed by atoms with Gasteiger partial charge >= 0.3 is 5.97 Å². The molecule has 2 aromatic carbocycles. The van der Waals surface area contributed by atoms with Gasteiger partial charge in [-0.15, -0.1) is 0 Å². The highest BCUT2D eigenvalue weighted by molar-refractivity contribution is 6.60. The van der Waals surface area contributed by atoms with Crippen molar-refractivity contribution in [3.05, 3.63) is 40.7 Å². The molecule has 0 radical (unpaired) electrons. The standard InChI is InChI=1S/C11HCl7O2/c12-4-1-2(5(13)8(16)3(4)11(19)20)7(15)10(18)9(17)6(1)14/h(H,19,20). The van der Waals surface area contributed by atoms with Crippen LogP contribution in [0.15, 0.2) is 0 Å². The number of fused-ring (bicyclic) bond motifs is 1. The largest absolute Gasteiger partial charge is 0.478 e. The zero-order valence-electron chi connectivity index (χ0n) is 9.00. The first-order chi connectivity index (χ1) is 9.20. The molecular weight excluding hydrogens is 412 g/mol. The van der Waals surface area contributed by atoms with Crippen LogP contribution in [0.1, 0.15) is 10.4 Å². The molecule has 2 rings (SSSR count). The van der Waals surface area contributed by atoms with Crippen molar-refractivity contribution in [1.82, 2.24) is 0 Å². The van der Waals surface area contributed by atoms with Gasteiger partial charge in [-0.1, -0.05) is 81.2 Å². The monoisotopic (exact) mass is 410 g/mol. The number of aromatic carboxylic acids is 1. The van der Waals surface area contributed by atoms with E-state index in [-0.39, 0.29) is 51.5 Å². The maximum atomic E-state index is 11.2. The highest BCUT2D eigenvalue weighted by Gasteiger charge is 2.27. The number of rotatable bonds is 1. The van der Waals surface area contributed by atoms with E-state index in [1.165, 1.54) is 0 Å². The Labute approximate surface area is 148 Å². The van der Waals surface area contributed by atoms with Crippen LogP contribution in [-0.4, -0.2) is 11.1 Å². The fraction of sp³-hybridized carbons (Fsp3) is 0. The Balaban J connectivity index is 3.21. The third-order valence-corrected chi connectivity index (χ3v) is 5.58. The van der Waals surface area contributed by atoms with Crippen LogP contribution in [-0.2, 0) is 0 Å². The summed E-state index contributed by atoms with van der Waals surface area (Å²) in [6, 6.07) is 0. The molecule has 0 unspecified atom stereocenters. The average Bonchev–Trinajstić information content (AvgIpc) is 2.37. The third kappa shape index (κ3) is 2.32. The van der Waals surface area contributed by atoms with Crippen LogP contribution in [0.3, 0.4) is 0 Å². The van der Waals surface area contributed by atoms with Crippen LogP contribution in [0.4, 0.5) is 0 Å². The zero-order valence-corrected chi connectivity index (χ0v) is 14.3. The molecule has 0 aromatic heterocycles. The van der Waals surface area contributed by atoms with Crippen LogP contribution in [0.5, 0.6) is 0 Å². The van der Waals surface area contributed by atoms with E-state index in [1.54, 1.807) is 0 Å². The first-order valence-corrected chi connectivity index (χ1v) is 7.40. The Hall–Kier alpha value is 0.200. The summed E-state index contributed by atoms with van der Waals surface area (Å²) in [4.78, 5) is 11.2. The van der Waals surface area contributed by atoms with Crippen LogP contribution >= 0.6 is 81.2 Å². The van der Waals surface area contributed by atoms with Gasteiger partial charge in [-0.2, -0.15) is 0 Å². The summed E-state index contributed by atoms with van der Waals surface area (Å²) < 4.78 is 0. The van der Waals surface area contributed by atoms with E-state index in [0.29, 0.717) is 0 Å². The molecule has 106 valence electrons. The Morgan fingerprint density at radius 3 is 1.35 bits per heavy atom. The fourth-order valence-corrected chi connectivity index (χ4v) is 3.78. The number of benzene rings is 2. The smallest absolute Gasteiger partial charge is 0.338 e. The summed E-state index contributed by atoms with van der Waals surface area (Å²) in [5.74, 6) is -1.36. The fourth-order valence-electron chi connectivity index (χ4n) is 1.67. The molecule has 9 heteroatoms. The Bertz CT molecular complexity index is 770. The van der Waals surface area contributed by atoms with Crippen molar-refractivity contribution < 1.29 is 9.90 Å². The molecule has 2 aromatic rings. The molecule has 0 spiro atoms. The van der Waals surface area contributed by atoms with Crippen LogP contribution < -0.4 is 0 Å². The minimum Gasteiger partial charge on any atom is -0.478 e. The molecule has 0 atom stereocenters. The predicted molar refractivity (Wildman–Crippen MR) is 86.0 cm³/mol. The number of carbonyl (C=O) groups is 1. The lowest BCUT2D eigenvalue weighted by Gasteiger charge is -2.14. The number of hydrogen-bond donors (Lipinski definition) is 1. The Kier molecular flexibility index (Phi) is 4.78. The molecule has 0 aliphatic carbocycles. The van der Waals surface area contributed by atoms with Gasteiger partial charge in [0.1, 0.15) is 0 Å². The van der Waals surface area contributed by atoms with Crippen molar-refractivity contribution in [1.29, 1.82) is 0 Å². The van der Waals surface area contributed by atoms with E-state index in [9.17, 15) is 4.79 Å². The number of halogens is 7. The minimum absolute atomic E-state index is 0.0122. The lowest BCUT2D eigenvalue weighted by atomic mass is 10.1. The Morgan fingerprint density at radius 2 is 0.950 bits per heavy atom. The first-order valence-electron chi connectivity index (χ1n) is 4.75. The predicted octanol–water partition coefficient (Wildman–Crippen LogP) is 7.11. The molecule has 20 heavy (non-hydrogen) atoms. The van der Waals surface area contributed by atoms with Crippen molar-refractivity contribution in [3.63, 3.8) is 0 Å². The molecule has 0 bridgehead atoms. The third-order valence-electron chi connectivity index (χ3n) is 2.55. The molecule has 0 fully saturated rings. The van der Waals surface area contributed by atoms with E-state index in [1.807, 2.05) is 0 Å². The summed E-state index contributed by atoms with van der Waals surface area (Å²) in [5.41, 5.74) is -0.387. The lowest BCUT2D eigenvalue weighted by molar-refractivity contribution is 0.0697. The summed E-state index contributed by atoms with van der Waals surface area (Å²) in [5, 5.41) is 8.65. The molecule has 0 heterocycles. The quantitative estimate of drug-likeness (QED) is 0.400. The van der Waals surface area contributed by atoms with Gasteiger partial charge in [0.15, 0.2) is 0 Å². The summed E-state index contributed by atoms with van der Waals surface area (Å²) >= 11 is 42.0. The van der Waals surface area contributed by atoms with Gasteiger partial charge in [-0.05, 0) is 0 Å². The van der Waals surface area contributed by atoms with Crippen molar-refractivity contribution in [2.24, 2.45) is 0 Å². The molecular formula is C11HCl7O2. The van der Waals surface area contributed by atoms with Gasteiger partial charge in [-0.25, -0.2) is 4.79 Å². The van der Waals surface area contributed by atoms with Gasteiger partial charge < -0.3 is 5.11 Å². The molecule has 2 nitrogen and oxygen atoms in total.